The van der Waals surface area contributed by atoms with Gasteiger partial charge in [-0.25, -0.2) is 9.37 Å². The molecule has 0 spiro atoms. The monoisotopic (exact) mass is 438 g/mol. The standard InChI is InChI=1S/C23H13Cl2FN2O2/c24-17-10-15(9-16(12-27)23-28-20-3-1-2-4-21(20)30-23)22(19(25)11-17)29-13-14-5-7-18(26)8-6-14/h1-11H,13H2/b16-9+. The van der Waals surface area contributed by atoms with Gasteiger partial charge in [-0.3, -0.25) is 0 Å². The molecular weight excluding hydrogens is 426 g/mol. The Morgan fingerprint density at radius 3 is 2.63 bits per heavy atom. The van der Waals surface area contributed by atoms with Crippen LogP contribution in [0.2, 0.25) is 10.0 Å². The molecule has 0 bridgehead atoms. The van der Waals surface area contributed by atoms with Crippen molar-refractivity contribution in [3.63, 3.8) is 0 Å². The van der Waals surface area contributed by atoms with Crippen LogP contribution in [0, 0.1) is 17.1 Å². The highest BCUT2D eigenvalue weighted by molar-refractivity contribution is 6.36. The molecule has 4 aromatic rings. The number of aromatic nitrogens is 1. The fourth-order valence-corrected chi connectivity index (χ4v) is 3.42. The van der Waals surface area contributed by atoms with Crippen molar-refractivity contribution in [3.8, 4) is 11.8 Å². The average Bonchev–Trinajstić information content (AvgIpc) is 3.16. The van der Waals surface area contributed by atoms with E-state index < -0.39 is 0 Å². The number of nitrogens with zero attached hydrogens (tertiary/aromatic N) is 2. The van der Waals surface area contributed by atoms with Crippen LogP contribution in [0.4, 0.5) is 4.39 Å². The third-order valence-electron chi connectivity index (χ3n) is 4.28. The zero-order chi connectivity index (χ0) is 21.1. The van der Waals surface area contributed by atoms with Gasteiger partial charge in [0.25, 0.3) is 0 Å². The molecule has 7 heteroatoms. The first-order valence-electron chi connectivity index (χ1n) is 8.87. The number of nitriles is 1. The lowest BCUT2D eigenvalue weighted by atomic mass is 10.1. The summed E-state index contributed by atoms with van der Waals surface area (Å²) in [5, 5.41) is 10.3. The van der Waals surface area contributed by atoms with Crippen LogP contribution < -0.4 is 4.74 Å². The first kappa shape index (κ1) is 20.0. The van der Waals surface area contributed by atoms with Crippen LogP contribution in [0.1, 0.15) is 17.0 Å². The summed E-state index contributed by atoms with van der Waals surface area (Å²) in [6.07, 6.45) is 1.56. The van der Waals surface area contributed by atoms with Crippen LogP contribution in [-0.4, -0.2) is 4.98 Å². The van der Waals surface area contributed by atoms with Crippen LogP contribution in [0.5, 0.6) is 5.75 Å². The fraction of sp³-hybridized carbons (Fsp3) is 0.0435. The van der Waals surface area contributed by atoms with Gasteiger partial charge >= 0.3 is 0 Å². The molecule has 3 aromatic carbocycles. The third-order valence-corrected chi connectivity index (χ3v) is 4.78. The zero-order valence-corrected chi connectivity index (χ0v) is 16.9. The molecule has 4 rings (SSSR count). The van der Waals surface area contributed by atoms with Gasteiger partial charge in [0.2, 0.25) is 5.89 Å². The average molecular weight is 439 g/mol. The van der Waals surface area contributed by atoms with E-state index >= 15 is 0 Å². The Kier molecular flexibility index (Phi) is 5.71. The molecule has 30 heavy (non-hydrogen) atoms. The maximum atomic E-state index is 13.1. The Hall–Kier alpha value is -3.33. The number of hydrogen-bond donors (Lipinski definition) is 0. The van der Waals surface area contributed by atoms with Gasteiger partial charge in [0.05, 0.1) is 5.02 Å². The van der Waals surface area contributed by atoms with E-state index in [1.54, 1.807) is 42.5 Å². The van der Waals surface area contributed by atoms with Gasteiger partial charge in [0.15, 0.2) is 5.58 Å². The van der Waals surface area contributed by atoms with Gasteiger partial charge < -0.3 is 9.15 Å². The lowest BCUT2D eigenvalue weighted by molar-refractivity contribution is 0.305. The molecule has 0 aliphatic heterocycles. The van der Waals surface area contributed by atoms with Crippen molar-refractivity contribution in [2.45, 2.75) is 6.61 Å². The first-order valence-corrected chi connectivity index (χ1v) is 9.63. The van der Waals surface area contributed by atoms with E-state index in [9.17, 15) is 9.65 Å². The Morgan fingerprint density at radius 2 is 1.90 bits per heavy atom. The normalized spacial score (nSPS) is 11.5. The molecule has 0 saturated carbocycles. The molecule has 0 unspecified atom stereocenters. The van der Waals surface area contributed by atoms with Crippen LogP contribution in [-0.2, 0) is 6.61 Å². The maximum absolute atomic E-state index is 13.1. The highest BCUT2D eigenvalue weighted by atomic mass is 35.5. The van der Waals surface area contributed by atoms with Crippen molar-refractivity contribution in [1.82, 2.24) is 4.98 Å². The van der Waals surface area contributed by atoms with Gasteiger partial charge in [0, 0.05) is 10.6 Å². The predicted molar refractivity (Wildman–Crippen MR) is 115 cm³/mol. The second kappa shape index (κ2) is 8.58. The van der Waals surface area contributed by atoms with Crippen LogP contribution in [0.25, 0.3) is 22.7 Å². The smallest absolute Gasteiger partial charge is 0.238 e. The molecule has 0 N–H and O–H groups in total. The lowest BCUT2D eigenvalue weighted by Crippen LogP contribution is -1.98. The SMILES string of the molecule is N#C/C(=C\c1cc(Cl)cc(Cl)c1OCc1ccc(F)cc1)c1nc2ccccc2o1. The number of rotatable bonds is 5. The number of fused-ring (bicyclic) bond motifs is 1. The molecule has 0 aliphatic carbocycles. The van der Waals surface area contributed by atoms with E-state index in [-0.39, 0.29) is 28.9 Å². The van der Waals surface area contributed by atoms with Gasteiger partial charge in [-0.05, 0) is 48.0 Å². The molecule has 0 saturated heterocycles. The number of allylic oxidation sites excluding steroid dienone is 1. The molecule has 0 aliphatic rings. The predicted octanol–water partition coefficient (Wildman–Crippen LogP) is 6.92. The zero-order valence-electron chi connectivity index (χ0n) is 15.4. The molecule has 0 amide bonds. The number of ether oxygens (including phenoxy) is 1. The summed E-state index contributed by atoms with van der Waals surface area (Å²) in [6, 6.07) is 18.4. The lowest BCUT2D eigenvalue weighted by Gasteiger charge is -2.12. The minimum atomic E-state index is -0.330. The highest BCUT2D eigenvalue weighted by Gasteiger charge is 2.15. The van der Waals surface area contributed by atoms with Crippen molar-refractivity contribution in [2.24, 2.45) is 0 Å². The summed E-state index contributed by atoms with van der Waals surface area (Å²) in [5.41, 5.74) is 2.66. The molecule has 0 fully saturated rings. The number of halogens is 3. The van der Waals surface area contributed by atoms with Crippen molar-refractivity contribution in [2.75, 3.05) is 0 Å². The van der Waals surface area contributed by atoms with Gasteiger partial charge in [-0.15, -0.1) is 0 Å². The van der Waals surface area contributed by atoms with Crippen molar-refractivity contribution in [1.29, 1.82) is 5.26 Å². The molecule has 0 atom stereocenters. The van der Waals surface area contributed by atoms with E-state index in [4.69, 9.17) is 32.4 Å². The second-order valence-electron chi connectivity index (χ2n) is 6.38. The Balaban J connectivity index is 1.71. The summed E-state index contributed by atoms with van der Waals surface area (Å²) in [7, 11) is 0. The van der Waals surface area contributed by atoms with Crippen LogP contribution in [0.15, 0.2) is 65.1 Å². The van der Waals surface area contributed by atoms with Crippen molar-refractivity contribution in [3.05, 3.63) is 93.5 Å². The second-order valence-corrected chi connectivity index (χ2v) is 7.22. The molecule has 148 valence electrons. The Bertz CT molecular complexity index is 1260. The summed E-state index contributed by atoms with van der Waals surface area (Å²) in [5.74, 6) is 0.192. The van der Waals surface area contributed by atoms with Gasteiger partial charge in [0.1, 0.15) is 35.3 Å². The Morgan fingerprint density at radius 1 is 1.13 bits per heavy atom. The maximum Gasteiger partial charge on any atom is 0.238 e. The Labute approximate surface area is 181 Å². The fourth-order valence-electron chi connectivity index (χ4n) is 2.86. The molecule has 1 heterocycles. The quantitative estimate of drug-likeness (QED) is 0.317. The minimum absolute atomic E-state index is 0.160. The van der Waals surface area contributed by atoms with E-state index in [2.05, 4.69) is 11.1 Å². The van der Waals surface area contributed by atoms with Crippen LogP contribution in [0.3, 0.4) is 0 Å². The third kappa shape index (κ3) is 4.30. The summed E-state index contributed by atoms with van der Waals surface area (Å²) in [6.45, 7) is 0.160. The van der Waals surface area contributed by atoms with Crippen molar-refractivity contribution >= 4 is 46.0 Å². The number of para-hydroxylation sites is 2. The van der Waals surface area contributed by atoms with Crippen molar-refractivity contribution < 1.29 is 13.5 Å². The largest absolute Gasteiger partial charge is 0.487 e. The molecule has 0 radical (unpaired) electrons. The van der Waals surface area contributed by atoms with E-state index in [0.717, 1.165) is 5.56 Å². The summed E-state index contributed by atoms with van der Waals surface area (Å²) in [4.78, 5) is 4.36. The number of hydrogen-bond acceptors (Lipinski definition) is 4. The first-order chi connectivity index (χ1) is 14.5. The molecular formula is C23H13Cl2FN2O2. The van der Waals surface area contributed by atoms with Crippen LogP contribution >= 0.6 is 23.2 Å². The number of oxazole rings is 1. The minimum Gasteiger partial charge on any atom is -0.487 e. The number of benzene rings is 3. The summed E-state index contributed by atoms with van der Waals surface area (Å²) >= 11 is 12.5. The highest BCUT2D eigenvalue weighted by Crippen LogP contribution is 2.35. The van der Waals surface area contributed by atoms with Gasteiger partial charge in [-0.2, -0.15) is 5.26 Å². The van der Waals surface area contributed by atoms with E-state index in [1.807, 2.05) is 12.1 Å². The molecule has 4 nitrogen and oxygen atoms in total. The van der Waals surface area contributed by atoms with Gasteiger partial charge in [-0.1, -0.05) is 47.5 Å². The topological polar surface area (TPSA) is 59.0 Å². The molecule has 1 aromatic heterocycles. The summed E-state index contributed by atoms with van der Waals surface area (Å²) < 4.78 is 24.7. The van der Waals surface area contributed by atoms with E-state index in [1.165, 1.54) is 12.1 Å². The van der Waals surface area contributed by atoms with E-state index in [0.29, 0.717) is 27.4 Å².